The molecule has 22 heavy (non-hydrogen) atoms. The molecule has 1 aliphatic heterocycles. The second kappa shape index (κ2) is 7.97. The summed E-state index contributed by atoms with van der Waals surface area (Å²) in [4.78, 5) is 2.51. The van der Waals surface area contributed by atoms with E-state index in [1.807, 2.05) is 6.07 Å². The summed E-state index contributed by atoms with van der Waals surface area (Å²) in [6.07, 6.45) is 1.38. The van der Waals surface area contributed by atoms with Gasteiger partial charge in [-0.05, 0) is 24.1 Å². The first-order valence-electron chi connectivity index (χ1n) is 8.07. The number of hydrogen-bond donors (Lipinski definition) is 1. The first-order chi connectivity index (χ1) is 10.9. The third kappa shape index (κ3) is 4.58. The molecule has 0 radical (unpaired) electrons. The van der Waals surface area contributed by atoms with Gasteiger partial charge in [0.1, 0.15) is 0 Å². The van der Waals surface area contributed by atoms with Crippen LogP contribution >= 0.6 is 0 Å². The molecule has 3 nitrogen and oxygen atoms in total. The minimum absolute atomic E-state index is 0.268. The Morgan fingerprint density at radius 3 is 2.50 bits per heavy atom. The van der Waals surface area contributed by atoms with Crippen LogP contribution in [0.2, 0.25) is 0 Å². The van der Waals surface area contributed by atoms with Crippen LogP contribution in [0.3, 0.4) is 0 Å². The summed E-state index contributed by atoms with van der Waals surface area (Å²) >= 11 is 0. The van der Waals surface area contributed by atoms with Gasteiger partial charge in [0.2, 0.25) is 0 Å². The van der Waals surface area contributed by atoms with Crippen molar-refractivity contribution in [3.05, 3.63) is 66.2 Å². The molecule has 1 aliphatic rings. The summed E-state index contributed by atoms with van der Waals surface area (Å²) in [7, 11) is 0. The lowest BCUT2D eigenvalue weighted by Gasteiger charge is -2.33. The van der Waals surface area contributed by atoms with E-state index in [1.54, 1.807) is 0 Å². The molecule has 2 aromatic carbocycles. The van der Waals surface area contributed by atoms with E-state index >= 15 is 0 Å². The normalized spacial score (nSPS) is 19.0. The van der Waals surface area contributed by atoms with Gasteiger partial charge in [-0.2, -0.15) is 0 Å². The van der Waals surface area contributed by atoms with Gasteiger partial charge < -0.3 is 10.1 Å². The maximum absolute atomic E-state index is 5.88. The third-order valence-corrected chi connectivity index (χ3v) is 4.09. The molecule has 2 aromatic rings. The zero-order chi connectivity index (χ0) is 15.0. The van der Waals surface area contributed by atoms with E-state index in [0.29, 0.717) is 0 Å². The Hall–Kier alpha value is -1.84. The van der Waals surface area contributed by atoms with Crippen molar-refractivity contribution >= 4 is 5.69 Å². The topological polar surface area (TPSA) is 24.5 Å². The number of nitrogens with one attached hydrogen (secondary N) is 1. The van der Waals surface area contributed by atoms with Crippen molar-refractivity contribution in [1.29, 1.82) is 0 Å². The summed E-state index contributed by atoms with van der Waals surface area (Å²) in [6.45, 7) is 4.85. The Balaban J connectivity index is 1.43. The molecule has 0 bridgehead atoms. The second-order valence-corrected chi connectivity index (χ2v) is 5.78. The highest BCUT2D eigenvalue weighted by Crippen LogP contribution is 2.10. The molecule has 3 rings (SSSR count). The van der Waals surface area contributed by atoms with Crippen LogP contribution < -0.4 is 5.32 Å². The van der Waals surface area contributed by atoms with Gasteiger partial charge >= 0.3 is 0 Å². The molecule has 1 fully saturated rings. The lowest BCUT2D eigenvalue weighted by molar-refractivity contribution is -0.0206. The number of ether oxygens (including phenoxy) is 1. The monoisotopic (exact) mass is 296 g/mol. The van der Waals surface area contributed by atoms with Crippen molar-refractivity contribution in [3.63, 3.8) is 0 Å². The van der Waals surface area contributed by atoms with Crippen LogP contribution in [0.5, 0.6) is 0 Å². The molecule has 1 atom stereocenters. The number of nitrogens with zero attached hydrogens (tertiary/aromatic N) is 1. The quantitative estimate of drug-likeness (QED) is 0.887. The van der Waals surface area contributed by atoms with Crippen LogP contribution in [0.4, 0.5) is 5.69 Å². The van der Waals surface area contributed by atoms with E-state index in [1.165, 1.54) is 5.56 Å². The highest BCUT2D eigenvalue weighted by molar-refractivity contribution is 5.42. The van der Waals surface area contributed by atoms with Crippen LogP contribution in [0.1, 0.15) is 5.56 Å². The molecule has 3 heteroatoms. The molecule has 116 valence electrons. The predicted molar refractivity (Wildman–Crippen MR) is 91.3 cm³/mol. The number of anilines is 1. The summed E-state index contributed by atoms with van der Waals surface area (Å²) in [5.41, 5.74) is 2.57. The van der Waals surface area contributed by atoms with Crippen molar-refractivity contribution < 1.29 is 4.74 Å². The van der Waals surface area contributed by atoms with Crippen molar-refractivity contribution in [3.8, 4) is 0 Å². The van der Waals surface area contributed by atoms with Crippen molar-refractivity contribution in [1.82, 2.24) is 4.90 Å². The highest BCUT2D eigenvalue weighted by atomic mass is 16.5. The second-order valence-electron chi connectivity index (χ2n) is 5.78. The van der Waals surface area contributed by atoms with E-state index in [0.717, 1.165) is 44.9 Å². The molecule has 1 N–H and O–H groups in total. The van der Waals surface area contributed by atoms with Crippen LogP contribution in [0.15, 0.2) is 60.7 Å². The van der Waals surface area contributed by atoms with Crippen LogP contribution in [-0.2, 0) is 11.2 Å². The van der Waals surface area contributed by atoms with Gasteiger partial charge in [-0.15, -0.1) is 0 Å². The molecule has 0 aromatic heterocycles. The van der Waals surface area contributed by atoms with Crippen molar-refractivity contribution in [2.75, 3.05) is 38.1 Å². The molecular weight excluding hydrogens is 272 g/mol. The van der Waals surface area contributed by atoms with Gasteiger partial charge in [0.05, 0.1) is 12.7 Å². The van der Waals surface area contributed by atoms with E-state index in [2.05, 4.69) is 64.8 Å². The Morgan fingerprint density at radius 2 is 1.73 bits per heavy atom. The van der Waals surface area contributed by atoms with Gasteiger partial charge in [-0.1, -0.05) is 48.5 Å². The molecular formula is C19H24N2O. The zero-order valence-corrected chi connectivity index (χ0v) is 12.9. The smallest absolute Gasteiger partial charge is 0.0874 e. The third-order valence-electron chi connectivity index (χ3n) is 4.09. The number of hydrogen-bond acceptors (Lipinski definition) is 3. The van der Waals surface area contributed by atoms with Gasteiger partial charge in [0.25, 0.3) is 0 Å². The van der Waals surface area contributed by atoms with Crippen molar-refractivity contribution in [2.24, 2.45) is 0 Å². The number of para-hydroxylation sites is 1. The number of rotatable bonds is 6. The number of morpholine rings is 1. The van der Waals surface area contributed by atoms with Crippen LogP contribution in [0, 0.1) is 0 Å². The molecule has 0 spiro atoms. The van der Waals surface area contributed by atoms with E-state index in [4.69, 9.17) is 4.74 Å². The first-order valence-corrected chi connectivity index (χ1v) is 8.07. The molecule has 1 unspecified atom stereocenters. The minimum atomic E-state index is 0.268. The number of benzene rings is 2. The molecule has 1 heterocycles. The largest absolute Gasteiger partial charge is 0.382 e. The fourth-order valence-electron chi connectivity index (χ4n) is 2.83. The van der Waals surface area contributed by atoms with Gasteiger partial charge in [0.15, 0.2) is 0 Å². The average molecular weight is 296 g/mol. The molecule has 1 saturated heterocycles. The maximum atomic E-state index is 5.88. The first kappa shape index (κ1) is 15.1. The van der Waals surface area contributed by atoms with E-state index in [9.17, 15) is 0 Å². The summed E-state index contributed by atoms with van der Waals surface area (Å²) in [6, 6.07) is 21.0. The zero-order valence-electron chi connectivity index (χ0n) is 12.9. The van der Waals surface area contributed by atoms with Gasteiger partial charge in [-0.25, -0.2) is 0 Å². The van der Waals surface area contributed by atoms with Crippen molar-refractivity contribution in [2.45, 2.75) is 12.5 Å². The SMILES string of the molecule is c1ccc(CCN2CCOC(CNc3ccccc3)C2)cc1. The highest BCUT2D eigenvalue weighted by Gasteiger charge is 2.19. The fraction of sp³-hybridized carbons (Fsp3) is 0.368. The van der Waals surface area contributed by atoms with Gasteiger partial charge in [-0.3, -0.25) is 4.90 Å². The summed E-state index contributed by atoms with van der Waals surface area (Å²) < 4.78 is 5.88. The summed E-state index contributed by atoms with van der Waals surface area (Å²) in [5, 5.41) is 3.46. The van der Waals surface area contributed by atoms with E-state index < -0.39 is 0 Å². The molecule has 0 aliphatic carbocycles. The fourth-order valence-corrected chi connectivity index (χ4v) is 2.83. The van der Waals surface area contributed by atoms with E-state index in [-0.39, 0.29) is 6.10 Å². The van der Waals surface area contributed by atoms with Crippen LogP contribution in [0.25, 0.3) is 0 Å². The lowest BCUT2D eigenvalue weighted by Crippen LogP contribution is -2.45. The maximum Gasteiger partial charge on any atom is 0.0874 e. The predicted octanol–water partition coefficient (Wildman–Crippen LogP) is 3.04. The molecule has 0 amide bonds. The Bertz CT molecular complexity index is 494. The Kier molecular flexibility index (Phi) is 5.46. The minimum Gasteiger partial charge on any atom is -0.382 e. The lowest BCUT2D eigenvalue weighted by atomic mass is 10.1. The Morgan fingerprint density at radius 1 is 1.00 bits per heavy atom. The van der Waals surface area contributed by atoms with Crippen LogP contribution in [-0.4, -0.2) is 43.8 Å². The van der Waals surface area contributed by atoms with Gasteiger partial charge in [0, 0.05) is 31.9 Å². The summed E-state index contributed by atoms with van der Waals surface area (Å²) in [5.74, 6) is 0. The average Bonchev–Trinajstić information content (AvgIpc) is 2.60. The standard InChI is InChI=1S/C19H24N2O/c1-3-7-17(8-4-1)11-12-21-13-14-22-19(16-21)15-20-18-9-5-2-6-10-18/h1-10,19-20H,11-16H2. The Labute approximate surface area is 132 Å². The molecule has 0 saturated carbocycles.